The van der Waals surface area contributed by atoms with Crippen LogP contribution in [0, 0.1) is 11.7 Å². The van der Waals surface area contributed by atoms with Gasteiger partial charge in [0.1, 0.15) is 5.82 Å². The minimum absolute atomic E-state index is 0.258. The predicted octanol–water partition coefficient (Wildman–Crippen LogP) is 4.96. The predicted molar refractivity (Wildman–Crippen MR) is 106 cm³/mol. The number of hydrogen-bond donors (Lipinski definition) is 1. The van der Waals surface area contributed by atoms with Gasteiger partial charge in [-0.1, -0.05) is 37.5 Å². The molecular weight excluding hydrogens is 325 g/mol. The Labute approximate surface area is 154 Å². The summed E-state index contributed by atoms with van der Waals surface area (Å²) < 4.78 is 15.4. The van der Waals surface area contributed by atoms with Crippen LogP contribution in [0.4, 0.5) is 4.39 Å². The zero-order chi connectivity index (χ0) is 18.7. The van der Waals surface area contributed by atoms with E-state index in [0.29, 0.717) is 5.92 Å². The van der Waals surface area contributed by atoms with Crippen LogP contribution in [0.5, 0.6) is 0 Å². The van der Waals surface area contributed by atoms with Crippen LogP contribution in [0.1, 0.15) is 19.0 Å². The Hall–Kier alpha value is -2.88. The fourth-order valence-corrected chi connectivity index (χ4v) is 3.19. The van der Waals surface area contributed by atoms with Crippen molar-refractivity contribution in [1.29, 1.82) is 0 Å². The second-order valence-electron chi connectivity index (χ2n) is 6.86. The molecule has 0 saturated carbocycles. The normalized spacial score (nSPS) is 16.8. The van der Waals surface area contributed by atoms with Gasteiger partial charge in [-0.3, -0.25) is 0 Å². The highest BCUT2D eigenvalue weighted by Crippen LogP contribution is 2.30. The summed E-state index contributed by atoms with van der Waals surface area (Å²) in [5.74, 6) is 0.209. The lowest BCUT2D eigenvalue weighted by Gasteiger charge is -2.14. The third-order valence-corrected chi connectivity index (χ3v) is 4.46. The molecule has 0 aliphatic carbocycles. The van der Waals surface area contributed by atoms with Crippen LogP contribution in [0.2, 0.25) is 0 Å². The third kappa shape index (κ3) is 4.02. The Kier molecular flexibility index (Phi) is 5.21. The molecule has 3 rings (SSSR count). The van der Waals surface area contributed by atoms with Gasteiger partial charge in [0.2, 0.25) is 0 Å². The molecule has 1 N–H and O–H groups in total. The van der Waals surface area contributed by atoms with E-state index in [2.05, 4.69) is 34.6 Å². The summed E-state index contributed by atoms with van der Waals surface area (Å²) in [6.45, 7) is 15.8. The molecule has 1 aromatic carbocycles. The number of nitrogens with zero attached hydrogens (tertiary/aromatic N) is 2. The number of rotatable bonds is 6. The fraction of sp³-hybridized carbons (Fsp3) is 0.227. The van der Waals surface area contributed by atoms with Crippen LogP contribution in [-0.4, -0.2) is 16.1 Å². The van der Waals surface area contributed by atoms with Gasteiger partial charge in [-0.15, -0.1) is 0 Å². The number of halogens is 1. The Bertz CT molecular complexity index is 871. The van der Waals surface area contributed by atoms with Gasteiger partial charge in [-0.25, -0.2) is 9.37 Å². The molecule has 0 radical (unpaired) electrons. The van der Waals surface area contributed by atoms with Gasteiger partial charge in [0.05, 0.1) is 17.7 Å². The Morgan fingerprint density at radius 2 is 2.04 bits per heavy atom. The van der Waals surface area contributed by atoms with Crippen LogP contribution in [-0.2, 0) is 6.54 Å². The summed E-state index contributed by atoms with van der Waals surface area (Å²) in [5.41, 5.74) is 5.53. The summed E-state index contributed by atoms with van der Waals surface area (Å²) in [4.78, 5) is 4.61. The summed E-state index contributed by atoms with van der Waals surface area (Å²) >= 11 is 0. The third-order valence-electron chi connectivity index (χ3n) is 4.46. The molecule has 1 aliphatic rings. The molecule has 1 fully saturated rings. The van der Waals surface area contributed by atoms with E-state index in [1.165, 1.54) is 12.1 Å². The molecule has 0 amide bonds. The Morgan fingerprint density at radius 3 is 2.65 bits per heavy atom. The number of nitrogens with one attached hydrogen (secondary N) is 1. The molecule has 2 aromatic rings. The maximum Gasteiger partial charge on any atom is 0.123 e. The minimum Gasteiger partial charge on any atom is -0.388 e. The average Bonchev–Trinajstić information content (AvgIpc) is 3.20. The van der Waals surface area contributed by atoms with Crippen molar-refractivity contribution < 1.29 is 4.39 Å². The molecule has 1 unspecified atom stereocenters. The van der Waals surface area contributed by atoms with Gasteiger partial charge in [0, 0.05) is 24.4 Å². The molecule has 1 atom stereocenters. The molecule has 4 heteroatoms. The first-order valence-corrected chi connectivity index (χ1v) is 8.69. The highest BCUT2D eigenvalue weighted by atomic mass is 19.1. The molecule has 3 nitrogen and oxygen atoms in total. The highest BCUT2D eigenvalue weighted by molar-refractivity contribution is 5.81. The standard InChI is InChI=1S/C22H24FN3/c1-15(2)5-6-16(3)22-21(19-7-9-20(23)10-8-19)25-14-26(22)13-18-11-17(4)24-12-18/h5-10,14,18,24H,1,3-4,11-13H2,2H3/b6-5-. The lowest BCUT2D eigenvalue weighted by atomic mass is 10.0. The van der Waals surface area contributed by atoms with Gasteiger partial charge >= 0.3 is 0 Å². The molecular formula is C22H24FN3. The smallest absolute Gasteiger partial charge is 0.123 e. The first-order valence-electron chi connectivity index (χ1n) is 8.69. The summed E-state index contributed by atoms with van der Waals surface area (Å²) in [5, 5.41) is 3.31. The lowest BCUT2D eigenvalue weighted by molar-refractivity contribution is 0.482. The maximum atomic E-state index is 13.3. The first-order chi connectivity index (χ1) is 12.4. The minimum atomic E-state index is -0.258. The lowest BCUT2D eigenvalue weighted by Crippen LogP contribution is -2.15. The average molecular weight is 349 g/mol. The molecule has 0 bridgehead atoms. The van der Waals surface area contributed by atoms with Crippen molar-refractivity contribution in [3.05, 3.63) is 85.3 Å². The summed E-state index contributed by atoms with van der Waals surface area (Å²) in [7, 11) is 0. The number of benzene rings is 1. The van der Waals surface area contributed by atoms with Crippen LogP contribution in [0.3, 0.4) is 0 Å². The number of aromatic nitrogens is 2. The maximum absolute atomic E-state index is 13.3. The Morgan fingerprint density at radius 1 is 1.31 bits per heavy atom. The molecule has 26 heavy (non-hydrogen) atoms. The van der Waals surface area contributed by atoms with Crippen molar-refractivity contribution >= 4 is 5.57 Å². The quantitative estimate of drug-likeness (QED) is 0.747. The van der Waals surface area contributed by atoms with Gasteiger partial charge in [0.15, 0.2) is 0 Å². The van der Waals surface area contributed by atoms with Crippen molar-refractivity contribution in [1.82, 2.24) is 14.9 Å². The largest absolute Gasteiger partial charge is 0.388 e. The van der Waals surface area contributed by atoms with Gasteiger partial charge in [0.25, 0.3) is 0 Å². The van der Waals surface area contributed by atoms with Gasteiger partial charge in [-0.05, 0) is 49.1 Å². The fourth-order valence-electron chi connectivity index (χ4n) is 3.19. The van der Waals surface area contributed by atoms with E-state index in [1.54, 1.807) is 12.1 Å². The van der Waals surface area contributed by atoms with Crippen molar-refractivity contribution in [2.24, 2.45) is 5.92 Å². The van der Waals surface area contributed by atoms with E-state index < -0.39 is 0 Å². The van der Waals surface area contributed by atoms with Gasteiger partial charge in [-0.2, -0.15) is 0 Å². The van der Waals surface area contributed by atoms with E-state index in [4.69, 9.17) is 0 Å². The number of hydrogen-bond acceptors (Lipinski definition) is 2. The number of imidazole rings is 1. The SMILES string of the molecule is C=C(C)/C=C\C(=C)c1c(-c2ccc(F)cc2)ncn1CC1CNC(=C)C1. The molecule has 134 valence electrons. The van der Waals surface area contributed by atoms with E-state index >= 15 is 0 Å². The monoisotopic (exact) mass is 349 g/mol. The Balaban J connectivity index is 1.98. The van der Waals surface area contributed by atoms with Crippen molar-refractivity contribution in [2.45, 2.75) is 19.9 Å². The number of allylic oxidation sites excluding steroid dienone is 5. The molecule has 1 aromatic heterocycles. The summed E-state index contributed by atoms with van der Waals surface area (Å²) in [6, 6.07) is 6.41. The van der Waals surface area contributed by atoms with Crippen LogP contribution < -0.4 is 5.32 Å². The van der Waals surface area contributed by atoms with E-state index in [1.807, 2.05) is 25.4 Å². The van der Waals surface area contributed by atoms with Crippen molar-refractivity contribution in [3.63, 3.8) is 0 Å². The van der Waals surface area contributed by atoms with E-state index in [-0.39, 0.29) is 5.82 Å². The second-order valence-corrected chi connectivity index (χ2v) is 6.86. The van der Waals surface area contributed by atoms with E-state index in [0.717, 1.165) is 53.3 Å². The van der Waals surface area contributed by atoms with Crippen molar-refractivity contribution in [3.8, 4) is 11.3 Å². The zero-order valence-corrected chi connectivity index (χ0v) is 15.1. The first kappa shape index (κ1) is 17.9. The summed E-state index contributed by atoms with van der Waals surface area (Å²) in [6.07, 6.45) is 6.69. The molecule has 2 heterocycles. The highest BCUT2D eigenvalue weighted by Gasteiger charge is 2.21. The van der Waals surface area contributed by atoms with Crippen LogP contribution in [0.25, 0.3) is 16.8 Å². The van der Waals surface area contributed by atoms with Crippen LogP contribution in [0.15, 0.2) is 73.8 Å². The topological polar surface area (TPSA) is 29.9 Å². The van der Waals surface area contributed by atoms with Crippen molar-refractivity contribution in [2.75, 3.05) is 6.54 Å². The molecule has 1 aliphatic heterocycles. The van der Waals surface area contributed by atoms with E-state index in [9.17, 15) is 4.39 Å². The van der Waals surface area contributed by atoms with Crippen LogP contribution >= 0.6 is 0 Å². The second kappa shape index (κ2) is 7.56. The molecule has 1 saturated heterocycles. The zero-order valence-electron chi connectivity index (χ0n) is 15.1. The molecule has 0 spiro atoms. The van der Waals surface area contributed by atoms with Gasteiger partial charge < -0.3 is 9.88 Å².